The Morgan fingerprint density at radius 1 is 0.871 bits per heavy atom. The molecule has 1 aromatic carbocycles. The van der Waals surface area contributed by atoms with Crippen LogP contribution < -0.4 is 4.74 Å². The van der Waals surface area contributed by atoms with E-state index in [-0.39, 0.29) is 11.8 Å². The minimum atomic E-state index is 0.0771. The van der Waals surface area contributed by atoms with Crippen molar-refractivity contribution in [3.8, 4) is 5.75 Å². The van der Waals surface area contributed by atoms with Gasteiger partial charge in [0.05, 0.1) is 18.5 Å². The lowest BCUT2D eigenvalue weighted by Gasteiger charge is -2.38. The quantitative estimate of drug-likeness (QED) is 0.684. The number of amides is 2. The second-order valence-corrected chi connectivity index (χ2v) is 8.96. The number of thiophene rings is 1. The van der Waals surface area contributed by atoms with Crippen LogP contribution in [-0.2, 0) is 11.3 Å². The number of rotatable bonds is 6. The summed E-state index contributed by atoms with van der Waals surface area (Å²) < 4.78 is 5.46. The van der Waals surface area contributed by atoms with Crippen LogP contribution in [0.2, 0.25) is 0 Å². The van der Waals surface area contributed by atoms with Gasteiger partial charge in [-0.1, -0.05) is 24.3 Å². The molecular weight excluding hydrogens is 412 g/mol. The number of ether oxygens (including phenoxy) is 1. The van der Waals surface area contributed by atoms with Crippen molar-refractivity contribution in [2.24, 2.45) is 0 Å². The average molecular weight is 443 g/mol. The Morgan fingerprint density at radius 2 is 1.55 bits per heavy atom. The molecule has 0 N–H and O–H groups in total. The fraction of sp³-hybridized carbons (Fsp3) is 0.478. The molecule has 2 aliphatic rings. The summed E-state index contributed by atoms with van der Waals surface area (Å²) in [5.74, 6) is 1.17. The van der Waals surface area contributed by atoms with Gasteiger partial charge in [-0.2, -0.15) is 0 Å². The molecule has 3 heterocycles. The van der Waals surface area contributed by atoms with E-state index in [4.69, 9.17) is 4.74 Å². The van der Waals surface area contributed by atoms with Gasteiger partial charge in [-0.15, -0.1) is 11.3 Å². The van der Waals surface area contributed by atoms with Crippen molar-refractivity contribution in [3.63, 3.8) is 0 Å². The Morgan fingerprint density at radius 3 is 2.23 bits per heavy atom. The van der Waals surface area contributed by atoms with Crippen LogP contribution in [0, 0.1) is 0 Å². The van der Waals surface area contributed by atoms with Crippen molar-refractivity contribution < 1.29 is 14.3 Å². The summed E-state index contributed by atoms with van der Waals surface area (Å²) >= 11 is 1.47. The highest BCUT2D eigenvalue weighted by atomic mass is 32.1. The molecule has 2 aromatic rings. The molecule has 0 bridgehead atoms. The number of para-hydroxylation sites is 1. The normalized spacial score (nSPS) is 18.2. The summed E-state index contributed by atoms with van der Waals surface area (Å²) in [6.07, 6.45) is 0. The van der Waals surface area contributed by atoms with E-state index in [1.54, 1.807) is 7.11 Å². The fourth-order valence-electron chi connectivity index (χ4n) is 4.19. The zero-order valence-electron chi connectivity index (χ0n) is 18.0. The van der Waals surface area contributed by atoms with Crippen molar-refractivity contribution in [1.29, 1.82) is 0 Å². The van der Waals surface area contributed by atoms with E-state index >= 15 is 0 Å². The summed E-state index contributed by atoms with van der Waals surface area (Å²) in [6.45, 7) is 7.42. The molecule has 4 rings (SSSR count). The molecular formula is C23H30N4O3S. The highest BCUT2D eigenvalue weighted by molar-refractivity contribution is 7.12. The van der Waals surface area contributed by atoms with Gasteiger partial charge < -0.3 is 14.5 Å². The lowest BCUT2D eigenvalue weighted by molar-refractivity contribution is -0.134. The number of benzene rings is 1. The number of carbonyl (C=O) groups is 2. The van der Waals surface area contributed by atoms with Gasteiger partial charge in [0.15, 0.2) is 0 Å². The van der Waals surface area contributed by atoms with Crippen LogP contribution in [0.3, 0.4) is 0 Å². The minimum absolute atomic E-state index is 0.0771. The molecule has 7 nitrogen and oxygen atoms in total. The molecule has 2 aliphatic heterocycles. The number of nitrogens with zero attached hydrogens (tertiary/aromatic N) is 4. The molecule has 2 fully saturated rings. The first-order valence-corrected chi connectivity index (χ1v) is 11.7. The molecule has 31 heavy (non-hydrogen) atoms. The van der Waals surface area contributed by atoms with Gasteiger partial charge in [-0.25, -0.2) is 0 Å². The first kappa shape index (κ1) is 21.8. The van der Waals surface area contributed by atoms with E-state index in [2.05, 4.69) is 15.9 Å². The molecule has 166 valence electrons. The summed E-state index contributed by atoms with van der Waals surface area (Å²) in [4.78, 5) is 34.4. The van der Waals surface area contributed by atoms with Crippen molar-refractivity contribution in [1.82, 2.24) is 19.6 Å². The van der Waals surface area contributed by atoms with E-state index in [1.807, 2.05) is 45.5 Å². The van der Waals surface area contributed by atoms with Crippen molar-refractivity contribution >= 4 is 23.2 Å². The molecule has 0 saturated carbocycles. The first-order chi connectivity index (χ1) is 15.1. The van der Waals surface area contributed by atoms with Gasteiger partial charge in [-0.05, 0) is 17.5 Å². The maximum atomic E-state index is 12.8. The monoisotopic (exact) mass is 442 g/mol. The van der Waals surface area contributed by atoms with Crippen LogP contribution in [0.1, 0.15) is 15.2 Å². The zero-order valence-corrected chi connectivity index (χ0v) is 18.9. The van der Waals surface area contributed by atoms with Crippen LogP contribution in [0.25, 0.3) is 0 Å². The third-order valence-corrected chi connectivity index (χ3v) is 6.92. The Labute approximate surface area is 187 Å². The molecule has 1 aromatic heterocycles. The average Bonchev–Trinajstić information content (AvgIpc) is 3.35. The van der Waals surface area contributed by atoms with Crippen molar-refractivity contribution in [2.45, 2.75) is 6.54 Å². The highest BCUT2D eigenvalue weighted by Gasteiger charge is 2.27. The number of hydrogen-bond donors (Lipinski definition) is 0. The van der Waals surface area contributed by atoms with Gasteiger partial charge in [0.1, 0.15) is 5.75 Å². The standard InChI is InChI=1S/C23H30N4O3S/c1-30-20-6-3-2-5-19(20)17-24-8-10-25(11-9-24)18-22(28)26-12-14-27(15-13-26)23(29)21-7-4-16-31-21/h2-7,16H,8-15,17-18H2,1H3. The smallest absolute Gasteiger partial charge is 0.264 e. The summed E-state index contributed by atoms with van der Waals surface area (Å²) in [5, 5.41) is 1.92. The third kappa shape index (κ3) is 5.44. The molecule has 0 radical (unpaired) electrons. The van der Waals surface area contributed by atoms with Gasteiger partial charge in [0.2, 0.25) is 5.91 Å². The second kappa shape index (κ2) is 10.3. The number of hydrogen-bond acceptors (Lipinski definition) is 6. The lowest BCUT2D eigenvalue weighted by Crippen LogP contribution is -2.54. The Balaban J connectivity index is 1.19. The van der Waals surface area contributed by atoms with Gasteiger partial charge in [0.25, 0.3) is 5.91 Å². The van der Waals surface area contributed by atoms with Crippen LogP contribution in [-0.4, -0.2) is 97.4 Å². The van der Waals surface area contributed by atoms with Crippen LogP contribution in [0.4, 0.5) is 0 Å². The predicted octanol–water partition coefficient (Wildman–Crippen LogP) is 1.86. The van der Waals surface area contributed by atoms with Crippen molar-refractivity contribution in [3.05, 3.63) is 52.2 Å². The summed E-state index contributed by atoms with van der Waals surface area (Å²) in [6, 6.07) is 11.9. The first-order valence-electron chi connectivity index (χ1n) is 10.8. The van der Waals surface area contributed by atoms with Crippen LogP contribution in [0.5, 0.6) is 5.75 Å². The van der Waals surface area contributed by atoms with Crippen LogP contribution >= 0.6 is 11.3 Å². The number of methoxy groups -OCH3 is 1. The van der Waals surface area contributed by atoms with E-state index in [9.17, 15) is 9.59 Å². The van der Waals surface area contributed by atoms with Gasteiger partial charge in [-0.3, -0.25) is 19.4 Å². The van der Waals surface area contributed by atoms with E-state index in [0.29, 0.717) is 32.7 Å². The second-order valence-electron chi connectivity index (χ2n) is 8.01. The van der Waals surface area contributed by atoms with E-state index < -0.39 is 0 Å². The molecule has 2 amide bonds. The Bertz CT molecular complexity index is 873. The maximum Gasteiger partial charge on any atom is 0.264 e. The highest BCUT2D eigenvalue weighted by Crippen LogP contribution is 2.20. The number of piperazine rings is 2. The largest absolute Gasteiger partial charge is 0.496 e. The molecule has 0 unspecified atom stereocenters. The van der Waals surface area contributed by atoms with Crippen molar-refractivity contribution in [2.75, 3.05) is 66.0 Å². The molecule has 8 heteroatoms. The fourth-order valence-corrected chi connectivity index (χ4v) is 4.88. The maximum absolute atomic E-state index is 12.8. The third-order valence-electron chi connectivity index (χ3n) is 6.06. The number of carbonyl (C=O) groups excluding carboxylic acids is 2. The molecule has 2 saturated heterocycles. The Hall–Kier alpha value is -2.42. The molecule has 0 atom stereocenters. The van der Waals surface area contributed by atoms with E-state index in [1.165, 1.54) is 16.9 Å². The summed E-state index contributed by atoms with van der Waals surface area (Å²) in [5.41, 5.74) is 1.20. The van der Waals surface area contributed by atoms with E-state index in [0.717, 1.165) is 43.4 Å². The summed E-state index contributed by atoms with van der Waals surface area (Å²) in [7, 11) is 1.71. The molecule has 0 aliphatic carbocycles. The van der Waals surface area contributed by atoms with Gasteiger partial charge >= 0.3 is 0 Å². The Kier molecular flexibility index (Phi) is 7.21. The lowest BCUT2D eigenvalue weighted by atomic mass is 10.1. The minimum Gasteiger partial charge on any atom is -0.496 e. The SMILES string of the molecule is COc1ccccc1CN1CCN(CC(=O)N2CCN(C(=O)c3cccs3)CC2)CC1. The van der Waals surface area contributed by atoms with Gasteiger partial charge in [0, 0.05) is 64.5 Å². The topological polar surface area (TPSA) is 56.3 Å². The molecule has 0 spiro atoms. The predicted molar refractivity (Wildman–Crippen MR) is 122 cm³/mol. The van der Waals surface area contributed by atoms with Crippen LogP contribution in [0.15, 0.2) is 41.8 Å². The zero-order chi connectivity index (χ0) is 21.6.